The molecular weight excluding hydrogens is 394 g/mol. The number of halogens is 1. The summed E-state index contributed by atoms with van der Waals surface area (Å²) in [5.74, 6) is 0.714. The molecular formula is C19H28BrN5O. The number of benzene rings is 1. The second-order valence-electron chi connectivity index (χ2n) is 6.53. The first kappa shape index (κ1) is 20.5. The standard InChI is InChI=1S/C19H28BrN5O/c1-4-21-18(22-10-6-8-15-7-5-9-17(20)11-15)23-14-19(2,26)16-12-24-25(3)13-16/h5,7,9,11-13,26H,4,6,8,10,14H2,1-3H3,(H2,21,22,23). The predicted octanol–water partition coefficient (Wildman–Crippen LogP) is 2.58. The third kappa shape index (κ3) is 6.46. The van der Waals surface area contributed by atoms with Crippen molar-refractivity contribution in [2.45, 2.75) is 32.3 Å². The van der Waals surface area contributed by atoms with E-state index in [1.54, 1.807) is 17.8 Å². The van der Waals surface area contributed by atoms with Crippen LogP contribution in [-0.4, -0.2) is 40.5 Å². The average molecular weight is 422 g/mol. The zero-order valence-electron chi connectivity index (χ0n) is 15.7. The quantitative estimate of drug-likeness (QED) is 0.347. The van der Waals surface area contributed by atoms with E-state index in [1.165, 1.54) is 5.56 Å². The molecule has 0 fully saturated rings. The molecule has 0 saturated heterocycles. The van der Waals surface area contributed by atoms with E-state index >= 15 is 0 Å². The van der Waals surface area contributed by atoms with Crippen LogP contribution in [0.4, 0.5) is 0 Å². The van der Waals surface area contributed by atoms with Crippen molar-refractivity contribution in [3.05, 3.63) is 52.3 Å². The Morgan fingerprint density at radius 2 is 2.19 bits per heavy atom. The Morgan fingerprint density at radius 1 is 1.38 bits per heavy atom. The lowest BCUT2D eigenvalue weighted by atomic mass is 10.0. The molecule has 0 aliphatic carbocycles. The van der Waals surface area contributed by atoms with Gasteiger partial charge in [-0.2, -0.15) is 5.10 Å². The summed E-state index contributed by atoms with van der Waals surface area (Å²) < 4.78 is 2.79. The molecule has 6 nitrogen and oxygen atoms in total. The molecule has 0 amide bonds. The normalized spacial score (nSPS) is 14.1. The van der Waals surface area contributed by atoms with Crippen molar-refractivity contribution in [1.29, 1.82) is 0 Å². The number of hydrogen-bond acceptors (Lipinski definition) is 3. The Morgan fingerprint density at radius 3 is 2.85 bits per heavy atom. The van der Waals surface area contributed by atoms with Crippen LogP contribution in [0.25, 0.3) is 0 Å². The van der Waals surface area contributed by atoms with E-state index < -0.39 is 5.60 Å². The summed E-state index contributed by atoms with van der Waals surface area (Å²) in [4.78, 5) is 4.53. The molecule has 0 bridgehead atoms. The van der Waals surface area contributed by atoms with Crippen LogP contribution in [0, 0.1) is 0 Å². The van der Waals surface area contributed by atoms with Crippen LogP contribution < -0.4 is 10.6 Å². The fraction of sp³-hybridized carbons (Fsp3) is 0.474. The zero-order chi connectivity index (χ0) is 19.0. The molecule has 2 rings (SSSR count). The van der Waals surface area contributed by atoms with Gasteiger partial charge in [-0.25, -0.2) is 4.99 Å². The second-order valence-corrected chi connectivity index (χ2v) is 7.45. The van der Waals surface area contributed by atoms with Crippen molar-refractivity contribution >= 4 is 21.9 Å². The molecule has 0 aliphatic heterocycles. The summed E-state index contributed by atoms with van der Waals surface area (Å²) >= 11 is 3.50. The Bertz CT molecular complexity index is 726. The minimum absolute atomic E-state index is 0.264. The molecule has 0 saturated carbocycles. The van der Waals surface area contributed by atoms with Crippen LogP contribution in [0.2, 0.25) is 0 Å². The molecule has 7 heteroatoms. The molecule has 1 heterocycles. The van der Waals surface area contributed by atoms with Gasteiger partial charge in [0.2, 0.25) is 0 Å². The number of guanidine groups is 1. The van der Waals surface area contributed by atoms with E-state index in [2.05, 4.69) is 54.9 Å². The number of aryl methyl sites for hydroxylation is 2. The maximum Gasteiger partial charge on any atom is 0.191 e. The third-order valence-corrected chi connectivity index (χ3v) is 4.53. The summed E-state index contributed by atoms with van der Waals surface area (Å²) in [6, 6.07) is 8.37. The summed E-state index contributed by atoms with van der Waals surface area (Å²) in [5.41, 5.74) is 1.02. The van der Waals surface area contributed by atoms with E-state index in [0.29, 0.717) is 5.96 Å². The molecule has 2 aromatic rings. The second kappa shape index (κ2) is 9.73. The van der Waals surface area contributed by atoms with Crippen LogP contribution in [0.15, 0.2) is 46.1 Å². The topological polar surface area (TPSA) is 74.5 Å². The molecule has 1 atom stereocenters. The maximum absolute atomic E-state index is 10.6. The first-order chi connectivity index (χ1) is 12.4. The minimum atomic E-state index is -1.05. The Labute approximate surface area is 163 Å². The highest BCUT2D eigenvalue weighted by Crippen LogP contribution is 2.19. The lowest BCUT2D eigenvalue weighted by Gasteiger charge is -2.20. The number of aliphatic hydroxyl groups is 1. The Balaban J connectivity index is 1.86. The number of aliphatic imine (C=N–C) groups is 1. The van der Waals surface area contributed by atoms with Gasteiger partial charge >= 0.3 is 0 Å². The SMILES string of the molecule is CCNC(=NCC(C)(O)c1cnn(C)c1)NCCCc1cccc(Br)c1. The number of rotatable bonds is 8. The third-order valence-electron chi connectivity index (χ3n) is 4.04. The molecule has 1 aromatic heterocycles. The lowest BCUT2D eigenvalue weighted by molar-refractivity contribution is 0.0672. The van der Waals surface area contributed by atoms with Gasteiger partial charge in [0.1, 0.15) is 5.60 Å². The largest absolute Gasteiger partial charge is 0.383 e. The summed E-state index contributed by atoms with van der Waals surface area (Å²) in [5, 5.41) is 21.3. The van der Waals surface area contributed by atoms with Gasteiger partial charge < -0.3 is 15.7 Å². The number of aromatic nitrogens is 2. The number of nitrogens with one attached hydrogen (secondary N) is 2. The van der Waals surface area contributed by atoms with Crippen LogP contribution in [0.1, 0.15) is 31.4 Å². The van der Waals surface area contributed by atoms with Crippen LogP contribution >= 0.6 is 15.9 Å². The molecule has 142 valence electrons. The maximum atomic E-state index is 10.6. The first-order valence-corrected chi connectivity index (χ1v) is 9.68. The fourth-order valence-electron chi connectivity index (χ4n) is 2.56. The average Bonchev–Trinajstić information content (AvgIpc) is 3.04. The van der Waals surface area contributed by atoms with Crippen LogP contribution in [-0.2, 0) is 19.1 Å². The van der Waals surface area contributed by atoms with E-state index in [0.717, 1.165) is 36.0 Å². The van der Waals surface area contributed by atoms with Gasteiger partial charge in [-0.15, -0.1) is 0 Å². The highest BCUT2D eigenvalue weighted by Gasteiger charge is 2.24. The van der Waals surface area contributed by atoms with E-state index in [-0.39, 0.29) is 6.54 Å². The van der Waals surface area contributed by atoms with Crippen molar-refractivity contribution in [3.8, 4) is 0 Å². The van der Waals surface area contributed by atoms with Gasteiger partial charge in [0, 0.05) is 36.4 Å². The Hall–Kier alpha value is -1.86. The smallest absolute Gasteiger partial charge is 0.191 e. The molecule has 3 N–H and O–H groups in total. The first-order valence-electron chi connectivity index (χ1n) is 8.89. The van der Waals surface area contributed by atoms with Gasteiger partial charge in [0.05, 0.1) is 12.7 Å². The molecule has 0 radical (unpaired) electrons. The van der Waals surface area contributed by atoms with Crippen molar-refractivity contribution in [2.75, 3.05) is 19.6 Å². The molecule has 0 aliphatic rings. The molecule has 0 spiro atoms. The highest BCUT2D eigenvalue weighted by atomic mass is 79.9. The van der Waals surface area contributed by atoms with Crippen LogP contribution in [0.5, 0.6) is 0 Å². The Kier molecular flexibility index (Phi) is 7.66. The molecule has 26 heavy (non-hydrogen) atoms. The van der Waals surface area contributed by atoms with Crippen molar-refractivity contribution < 1.29 is 5.11 Å². The van der Waals surface area contributed by atoms with Gasteiger partial charge in [0.15, 0.2) is 5.96 Å². The molecule has 1 unspecified atom stereocenters. The summed E-state index contributed by atoms with van der Waals surface area (Å²) in [6.45, 7) is 5.63. The van der Waals surface area contributed by atoms with Crippen molar-refractivity contribution in [1.82, 2.24) is 20.4 Å². The van der Waals surface area contributed by atoms with Gasteiger partial charge in [0.25, 0.3) is 0 Å². The van der Waals surface area contributed by atoms with Crippen LogP contribution in [0.3, 0.4) is 0 Å². The fourth-order valence-corrected chi connectivity index (χ4v) is 3.00. The lowest BCUT2D eigenvalue weighted by Crippen LogP contribution is -2.39. The zero-order valence-corrected chi connectivity index (χ0v) is 17.3. The molecule has 1 aromatic carbocycles. The van der Waals surface area contributed by atoms with Gasteiger partial charge in [-0.1, -0.05) is 28.1 Å². The number of hydrogen-bond donors (Lipinski definition) is 3. The van der Waals surface area contributed by atoms with Gasteiger partial charge in [-0.3, -0.25) is 4.68 Å². The number of nitrogens with zero attached hydrogens (tertiary/aromatic N) is 3. The van der Waals surface area contributed by atoms with Gasteiger partial charge in [-0.05, 0) is 44.4 Å². The van der Waals surface area contributed by atoms with Crippen molar-refractivity contribution in [2.24, 2.45) is 12.0 Å². The highest BCUT2D eigenvalue weighted by molar-refractivity contribution is 9.10. The van der Waals surface area contributed by atoms with E-state index in [9.17, 15) is 5.11 Å². The van der Waals surface area contributed by atoms with E-state index in [4.69, 9.17) is 0 Å². The monoisotopic (exact) mass is 421 g/mol. The summed E-state index contributed by atoms with van der Waals surface area (Å²) in [6.07, 6.45) is 5.49. The minimum Gasteiger partial charge on any atom is -0.383 e. The van der Waals surface area contributed by atoms with E-state index in [1.807, 2.05) is 26.2 Å². The predicted molar refractivity (Wildman–Crippen MR) is 109 cm³/mol. The van der Waals surface area contributed by atoms with Crippen molar-refractivity contribution in [3.63, 3.8) is 0 Å². The summed E-state index contributed by atoms with van der Waals surface area (Å²) in [7, 11) is 1.83.